The number of carbonyl (C=O) groups is 1. The number of hydrogen-bond acceptors (Lipinski definition) is 4. The van der Waals surface area contributed by atoms with Gasteiger partial charge in [0.1, 0.15) is 5.75 Å². The lowest BCUT2D eigenvalue weighted by Gasteiger charge is -2.28. The standard InChI is InChI=1S/C20H24N2O3/c1-12(16-10-13-7-8-14(16)9-13)21-20(23)17-11-19(25-22-17)15-5-3-4-6-18(15)24-2/h3-6,11-14,16H,7-10H2,1-2H3,(H,21,23)/t12-,13-,14-,16+/m1/s1. The van der Waals surface area contributed by atoms with Gasteiger partial charge in [0.2, 0.25) is 0 Å². The molecule has 4 atom stereocenters. The molecule has 2 saturated carbocycles. The Balaban J connectivity index is 1.45. The number of fused-ring (bicyclic) bond motifs is 2. The second kappa shape index (κ2) is 6.54. The van der Waals surface area contributed by atoms with Gasteiger partial charge in [0.15, 0.2) is 11.5 Å². The molecule has 5 nitrogen and oxygen atoms in total. The summed E-state index contributed by atoms with van der Waals surface area (Å²) in [6.45, 7) is 2.12. The number of methoxy groups -OCH3 is 1. The van der Waals surface area contributed by atoms with Crippen molar-refractivity contribution in [3.8, 4) is 17.1 Å². The zero-order chi connectivity index (χ0) is 17.4. The summed E-state index contributed by atoms with van der Waals surface area (Å²) in [5, 5.41) is 7.08. The summed E-state index contributed by atoms with van der Waals surface area (Å²) >= 11 is 0. The second-order valence-electron chi connectivity index (χ2n) is 7.38. The molecule has 0 unspecified atom stereocenters. The molecule has 1 heterocycles. The van der Waals surface area contributed by atoms with Gasteiger partial charge in [0.25, 0.3) is 5.91 Å². The van der Waals surface area contributed by atoms with Crippen molar-refractivity contribution >= 4 is 5.91 Å². The second-order valence-corrected chi connectivity index (χ2v) is 7.38. The Morgan fingerprint density at radius 3 is 2.88 bits per heavy atom. The highest BCUT2D eigenvalue weighted by atomic mass is 16.5. The maximum absolute atomic E-state index is 12.6. The lowest BCUT2D eigenvalue weighted by molar-refractivity contribution is 0.0906. The van der Waals surface area contributed by atoms with Gasteiger partial charge in [-0.15, -0.1) is 0 Å². The minimum atomic E-state index is -0.167. The van der Waals surface area contributed by atoms with Gasteiger partial charge in [-0.3, -0.25) is 4.79 Å². The van der Waals surface area contributed by atoms with E-state index in [0.717, 1.165) is 17.4 Å². The summed E-state index contributed by atoms with van der Waals surface area (Å²) in [6.07, 6.45) is 5.27. The highest BCUT2D eigenvalue weighted by molar-refractivity contribution is 5.93. The third-order valence-electron chi connectivity index (χ3n) is 5.91. The first-order chi connectivity index (χ1) is 12.2. The largest absolute Gasteiger partial charge is 0.496 e. The van der Waals surface area contributed by atoms with Crippen LogP contribution in [-0.4, -0.2) is 24.2 Å². The zero-order valence-electron chi connectivity index (χ0n) is 14.7. The number of aromatic nitrogens is 1. The number of amides is 1. The minimum absolute atomic E-state index is 0.167. The van der Waals surface area contributed by atoms with Gasteiger partial charge in [0.05, 0.1) is 12.7 Å². The molecule has 132 valence electrons. The Bertz CT molecular complexity index is 770. The van der Waals surface area contributed by atoms with Crippen LogP contribution < -0.4 is 10.1 Å². The van der Waals surface area contributed by atoms with E-state index in [9.17, 15) is 4.79 Å². The lowest BCUT2D eigenvalue weighted by Crippen LogP contribution is -2.40. The molecule has 1 aromatic heterocycles. The third-order valence-corrected chi connectivity index (χ3v) is 5.91. The molecule has 5 heteroatoms. The van der Waals surface area contributed by atoms with Crippen LogP contribution in [0.2, 0.25) is 0 Å². The Labute approximate surface area is 147 Å². The molecule has 2 aliphatic carbocycles. The predicted octanol–water partition coefficient (Wildman–Crippen LogP) is 3.90. The van der Waals surface area contributed by atoms with Crippen LogP contribution in [0.25, 0.3) is 11.3 Å². The minimum Gasteiger partial charge on any atom is -0.496 e. The molecule has 0 spiro atoms. The van der Waals surface area contributed by atoms with Crippen molar-refractivity contribution in [2.75, 3.05) is 7.11 Å². The van der Waals surface area contributed by atoms with Gasteiger partial charge in [-0.25, -0.2) is 0 Å². The number of para-hydroxylation sites is 1. The van der Waals surface area contributed by atoms with Gasteiger partial charge in [-0.2, -0.15) is 0 Å². The van der Waals surface area contributed by atoms with E-state index in [1.54, 1.807) is 13.2 Å². The van der Waals surface area contributed by atoms with Crippen molar-refractivity contribution in [2.45, 2.75) is 38.6 Å². The van der Waals surface area contributed by atoms with Gasteiger partial charge in [-0.05, 0) is 56.1 Å². The van der Waals surface area contributed by atoms with E-state index in [1.807, 2.05) is 24.3 Å². The van der Waals surface area contributed by atoms with Gasteiger partial charge in [0, 0.05) is 12.1 Å². The summed E-state index contributed by atoms with van der Waals surface area (Å²) in [5.41, 5.74) is 1.11. The highest BCUT2D eigenvalue weighted by Gasteiger charge is 2.42. The molecule has 25 heavy (non-hydrogen) atoms. The Morgan fingerprint density at radius 1 is 1.32 bits per heavy atom. The Morgan fingerprint density at radius 2 is 2.16 bits per heavy atom. The smallest absolute Gasteiger partial charge is 0.273 e. The fourth-order valence-electron chi connectivity index (χ4n) is 4.65. The first-order valence-electron chi connectivity index (χ1n) is 9.06. The highest BCUT2D eigenvalue weighted by Crippen LogP contribution is 2.49. The summed E-state index contributed by atoms with van der Waals surface area (Å²) in [6, 6.07) is 9.39. The number of ether oxygens (including phenoxy) is 1. The third kappa shape index (κ3) is 3.03. The van der Waals surface area contributed by atoms with E-state index in [-0.39, 0.29) is 11.9 Å². The summed E-state index contributed by atoms with van der Waals surface area (Å²) < 4.78 is 10.7. The fraction of sp³-hybridized carbons (Fsp3) is 0.500. The van der Waals surface area contributed by atoms with E-state index < -0.39 is 0 Å². The number of rotatable bonds is 5. The van der Waals surface area contributed by atoms with Crippen LogP contribution in [0, 0.1) is 17.8 Å². The first-order valence-corrected chi connectivity index (χ1v) is 9.06. The van der Waals surface area contributed by atoms with E-state index in [4.69, 9.17) is 9.26 Å². The van der Waals surface area contributed by atoms with Gasteiger partial charge in [-0.1, -0.05) is 23.7 Å². The first kappa shape index (κ1) is 16.2. The average Bonchev–Trinajstić information content (AvgIpc) is 3.37. The maximum atomic E-state index is 12.6. The predicted molar refractivity (Wildman–Crippen MR) is 94.4 cm³/mol. The number of nitrogens with one attached hydrogen (secondary N) is 1. The van der Waals surface area contributed by atoms with Crippen molar-refractivity contribution in [1.29, 1.82) is 0 Å². The van der Waals surface area contributed by atoms with E-state index in [2.05, 4.69) is 17.4 Å². The van der Waals surface area contributed by atoms with Crippen molar-refractivity contribution in [3.63, 3.8) is 0 Å². The van der Waals surface area contributed by atoms with Crippen LogP contribution in [0.5, 0.6) is 5.75 Å². The Kier molecular flexibility index (Phi) is 4.24. The molecule has 2 aliphatic rings. The molecule has 0 saturated heterocycles. The summed E-state index contributed by atoms with van der Waals surface area (Å²) in [4.78, 5) is 12.6. The normalized spacial score (nSPS) is 25.8. The van der Waals surface area contributed by atoms with Crippen LogP contribution in [0.1, 0.15) is 43.1 Å². The molecule has 1 amide bonds. The van der Waals surface area contributed by atoms with Crippen molar-refractivity contribution in [1.82, 2.24) is 10.5 Å². The lowest BCUT2D eigenvalue weighted by atomic mass is 9.84. The molecule has 2 bridgehead atoms. The number of carbonyl (C=O) groups excluding carboxylic acids is 1. The van der Waals surface area contributed by atoms with Crippen LogP contribution in [0.15, 0.2) is 34.9 Å². The van der Waals surface area contributed by atoms with E-state index in [0.29, 0.717) is 23.1 Å². The molecule has 0 aliphatic heterocycles. The quantitative estimate of drug-likeness (QED) is 0.896. The average molecular weight is 340 g/mol. The van der Waals surface area contributed by atoms with Crippen LogP contribution in [-0.2, 0) is 0 Å². The molecule has 4 rings (SSSR count). The molecule has 0 radical (unpaired) electrons. The monoisotopic (exact) mass is 340 g/mol. The molecule has 1 N–H and O–H groups in total. The SMILES string of the molecule is COc1ccccc1-c1cc(C(=O)N[C@H](C)[C@@H]2C[C@@H]3CC[C@@H]2C3)no1. The van der Waals surface area contributed by atoms with Crippen LogP contribution in [0.3, 0.4) is 0 Å². The zero-order valence-corrected chi connectivity index (χ0v) is 14.7. The molecule has 2 aromatic rings. The molecular weight excluding hydrogens is 316 g/mol. The topological polar surface area (TPSA) is 64.4 Å². The number of hydrogen-bond donors (Lipinski definition) is 1. The van der Waals surface area contributed by atoms with Gasteiger partial charge < -0.3 is 14.6 Å². The molecule has 1 aromatic carbocycles. The number of benzene rings is 1. The van der Waals surface area contributed by atoms with Crippen LogP contribution >= 0.6 is 0 Å². The Hall–Kier alpha value is -2.30. The van der Waals surface area contributed by atoms with Crippen molar-refractivity contribution in [3.05, 3.63) is 36.0 Å². The number of nitrogens with zero attached hydrogens (tertiary/aromatic N) is 1. The van der Waals surface area contributed by atoms with E-state index >= 15 is 0 Å². The van der Waals surface area contributed by atoms with Crippen LogP contribution in [0.4, 0.5) is 0 Å². The maximum Gasteiger partial charge on any atom is 0.273 e. The molecule has 2 fully saturated rings. The fourth-order valence-corrected chi connectivity index (χ4v) is 4.65. The van der Waals surface area contributed by atoms with Gasteiger partial charge >= 0.3 is 0 Å². The van der Waals surface area contributed by atoms with Crippen molar-refractivity contribution < 1.29 is 14.1 Å². The van der Waals surface area contributed by atoms with Crippen molar-refractivity contribution in [2.24, 2.45) is 17.8 Å². The molecular formula is C20H24N2O3. The summed E-state index contributed by atoms with van der Waals surface area (Å²) in [5.74, 6) is 3.32. The van der Waals surface area contributed by atoms with E-state index in [1.165, 1.54) is 25.7 Å². The summed E-state index contributed by atoms with van der Waals surface area (Å²) in [7, 11) is 1.61.